The highest BCUT2D eigenvalue weighted by Gasteiger charge is 2.48. The minimum atomic E-state index is -2.63. The van der Waals surface area contributed by atoms with E-state index >= 15 is 0 Å². The molecule has 3 aliphatic rings. The molecule has 1 N–H and O–H groups in total. The molecule has 1 saturated carbocycles. The third-order valence-corrected chi connectivity index (χ3v) is 10.2. The molecule has 2 aliphatic heterocycles. The number of halogens is 3. The van der Waals surface area contributed by atoms with Crippen molar-refractivity contribution in [1.29, 1.82) is 0 Å². The van der Waals surface area contributed by atoms with Gasteiger partial charge in [-0.2, -0.15) is 0 Å². The highest BCUT2D eigenvalue weighted by molar-refractivity contribution is 5.66. The summed E-state index contributed by atoms with van der Waals surface area (Å²) in [6, 6.07) is 16.7. The molecule has 0 bridgehead atoms. The number of imidazole rings is 1. The number of benzene rings is 2. The van der Waals surface area contributed by atoms with Gasteiger partial charge in [-0.1, -0.05) is 42.5 Å². The van der Waals surface area contributed by atoms with Crippen LogP contribution < -0.4 is 0 Å². The van der Waals surface area contributed by atoms with Crippen LogP contribution in [0.5, 0.6) is 0 Å². The molecule has 2 aromatic carbocycles. The van der Waals surface area contributed by atoms with Crippen molar-refractivity contribution in [2.45, 2.75) is 75.3 Å². The van der Waals surface area contributed by atoms with Gasteiger partial charge < -0.3 is 14.6 Å². The third-order valence-electron chi connectivity index (χ3n) is 10.2. The summed E-state index contributed by atoms with van der Waals surface area (Å²) in [7, 11) is 0. The van der Waals surface area contributed by atoms with Crippen molar-refractivity contribution in [3.63, 3.8) is 0 Å². The van der Waals surface area contributed by atoms with E-state index < -0.39 is 12.4 Å². The summed E-state index contributed by atoms with van der Waals surface area (Å²) in [6.07, 6.45) is 5.21. The van der Waals surface area contributed by atoms with E-state index in [4.69, 9.17) is 0 Å². The summed E-state index contributed by atoms with van der Waals surface area (Å²) in [6.45, 7) is 4.12. The third kappa shape index (κ3) is 6.68. The number of hydrogen-bond donors (Lipinski definition) is 1. The first-order chi connectivity index (χ1) is 20.8. The molecule has 230 valence electrons. The molecular formula is C34H41F3N4O2. The Kier molecular flexibility index (Phi) is 8.91. The lowest BCUT2D eigenvalue weighted by Gasteiger charge is -2.49. The fourth-order valence-corrected chi connectivity index (χ4v) is 7.72. The number of piperidine rings is 1. The first-order valence-electron chi connectivity index (χ1n) is 15.6. The number of alkyl halides is 2. The van der Waals surface area contributed by atoms with Gasteiger partial charge in [-0.15, -0.1) is 0 Å². The molecule has 1 aromatic heterocycles. The van der Waals surface area contributed by atoms with Crippen LogP contribution in [0.3, 0.4) is 0 Å². The zero-order chi connectivity index (χ0) is 30.0. The Balaban J connectivity index is 1.13. The normalized spacial score (nSPS) is 23.1. The van der Waals surface area contributed by atoms with Gasteiger partial charge in [0.2, 0.25) is 0 Å². The van der Waals surface area contributed by atoms with Crippen LogP contribution in [0.1, 0.15) is 86.0 Å². The molecule has 6 rings (SSSR count). The van der Waals surface area contributed by atoms with Gasteiger partial charge >= 0.3 is 5.97 Å². The molecule has 2 saturated heterocycles. The maximum atomic E-state index is 14.3. The number of carboxylic acid groups (broad SMARTS) is 1. The molecule has 6 nitrogen and oxygen atoms in total. The highest BCUT2D eigenvalue weighted by atomic mass is 19.3. The summed E-state index contributed by atoms with van der Waals surface area (Å²) >= 11 is 0. The predicted molar refractivity (Wildman–Crippen MR) is 159 cm³/mol. The monoisotopic (exact) mass is 594 g/mol. The van der Waals surface area contributed by atoms with Crippen molar-refractivity contribution >= 4 is 5.97 Å². The fraction of sp³-hybridized carbons (Fsp3) is 0.529. The van der Waals surface area contributed by atoms with Crippen LogP contribution in [0, 0.1) is 11.7 Å². The van der Waals surface area contributed by atoms with Crippen LogP contribution in [0.2, 0.25) is 0 Å². The Morgan fingerprint density at radius 3 is 2.47 bits per heavy atom. The molecule has 0 radical (unpaired) electrons. The SMILES string of the molecule is O=C(O)CCC1(N2CC(CN3CCC(n4cc(Cc5ccccc5)nc4C(F)F)CC3)C(c3cccc(F)c3)C2)CCC1. The molecular weight excluding hydrogens is 553 g/mol. The molecule has 43 heavy (non-hydrogen) atoms. The van der Waals surface area contributed by atoms with Crippen LogP contribution in [0.25, 0.3) is 0 Å². The van der Waals surface area contributed by atoms with E-state index in [-0.39, 0.29) is 41.5 Å². The van der Waals surface area contributed by atoms with Gasteiger partial charge in [0.05, 0.1) is 5.69 Å². The minimum Gasteiger partial charge on any atom is -0.481 e. The van der Waals surface area contributed by atoms with Crippen LogP contribution in [-0.2, 0) is 11.2 Å². The number of carboxylic acids is 1. The molecule has 1 aliphatic carbocycles. The molecule has 9 heteroatoms. The summed E-state index contributed by atoms with van der Waals surface area (Å²) < 4.78 is 44.1. The van der Waals surface area contributed by atoms with Gasteiger partial charge in [0, 0.05) is 69.3 Å². The van der Waals surface area contributed by atoms with Gasteiger partial charge in [-0.05, 0) is 67.7 Å². The van der Waals surface area contributed by atoms with Gasteiger partial charge in [0.15, 0.2) is 5.82 Å². The molecule has 3 aromatic rings. The molecule has 3 fully saturated rings. The van der Waals surface area contributed by atoms with E-state index in [0.717, 1.165) is 76.0 Å². The zero-order valence-corrected chi connectivity index (χ0v) is 24.6. The van der Waals surface area contributed by atoms with E-state index in [1.54, 1.807) is 16.7 Å². The fourth-order valence-electron chi connectivity index (χ4n) is 7.72. The Morgan fingerprint density at radius 1 is 1.05 bits per heavy atom. The number of aliphatic carboxylic acids is 1. The van der Waals surface area contributed by atoms with Gasteiger partial charge in [0.1, 0.15) is 5.82 Å². The number of aromatic nitrogens is 2. The van der Waals surface area contributed by atoms with Gasteiger partial charge in [0.25, 0.3) is 6.43 Å². The maximum Gasteiger partial charge on any atom is 0.303 e. The van der Waals surface area contributed by atoms with E-state index in [2.05, 4.69) is 14.8 Å². The predicted octanol–water partition coefficient (Wildman–Crippen LogP) is 6.69. The number of nitrogens with zero attached hydrogens (tertiary/aromatic N) is 4. The van der Waals surface area contributed by atoms with Crippen molar-refractivity contribution < 1.29 is 23.1 Å². The van der Waals surface area contributed by atoms with E-state index in [0.29, 0.717) is 18.5 Å². The average Bonchev–Trinajstić information content (AvgIpc) is 3.58. The van der Waals surface area contributed by atoms with Crippen LogP contribution >= 0.6 is 0 Å². The highest BCUT2D eigenvalue weighted by Crippen LogP contribution is 2.47. The maximum absolute atomic E-state index is 14.3. The average molecular weight is 595 g/mol. The Morgan fingerprint density at radius 2 is 1.81 bits per heavy atom. The van der Waals surface area contributed by atoms with Crippen LogP contribution in [0.4, 0.5) is 13.2 Å². The lowest BCUT2D eigenvalue weighted by Crippen LogP contribution is -2.53. The second-order valence-electron chi connectivity index (χ2n) is 12.8. The largest absolute Gasteiger partial charge is 0.481 e. The number of rotatable bonds is 11. The van der Waals surface area contributed by atoms with Crippen molar-refractivity contribution in [2.24, 2.45) is 5.92 Å². The molecule has 0 amide bonds. The molecule has 2 unspecified atom stereocenters. The molecule has 0 spiro atoms. The summed E-state index contributed by atoms with van der Waals surface area (Å²) in [5.74, 6) is -0.694. The van der Waals surface area contributed by atoms with Crippen molar-refractivity contribution in [3.8, 4) is 0 Å². The first-order valence-corrected chi connectivity index (χ1v) is 15.6. The Hall–Kier alpha value is -3.17. The van der Waals surface area contributed by atoms with Crippen molar-refractivity contribution in [3.05, 3.63) is 89.3 Å². The second-order valence-corrected chi connectivity index (χ2v) is 12.8. The number of hydrogen-bond acceptors (Lipinski definition) is 4. The number of likely N-dealkylation sites (tertiary alicyclic amines) is 2. The topological polar surface area (TPSA) is 61.6 Å². The van der Waals surface area contributed by atoms with E-state index in [9.17, 15) is 23.1 Å². The lowest BCUT2D eigenvalue weighted by molar-refractivity contribution is -0.138. The smallest absolute Gasteiger partial charge is 0.303 e. The number of carbonyl (C=O) groups is 1. The summed E-state index contributed by atoms with van der Waals surface area (Å²) in [5.41, 5.74) is 2.64. The Bertz CT molecular complexity index is 1390. The van der Waals surface area contributed by atoms with Crippen molar-refractivity contribution in [2.75, 3.05) is 32.7 Å². The Labute approximate surface area is 251 Å². The van der Waals surface area contributed by atoms with Gasteiger partial charge in [-0.3, -0.25) is 9.69 Å². The van der Waals surface area contributed by atoms with Crippen molar-refractivity contribution in [1.82, 2.24) is 19.4 Å². The zero-order valence-electron chi connectivity index (χ0n) is 24.6. The summed E-state index contributed by atoms with van der Waals surface area (Å²) in [4.78, 5) is 20.7. The van der Waals surface area contributed by atoms with Gasteiger partial charge in [-0.25, -0.2) is 18.2 Å². The van der Waals surface area contributed by atoms with E-state index in [1.165, 1.54) is 6.07 Å². The molecule has 3 heterocycles. The quantitative estimate of drug-likeness (QED) is 0.268. The van der Waals surface area contributed by atoms with Crippen LogP contribution in [-0.4, -0.2) is 68.7 Å². The van der Waals surface area contributed by atoms with E-state index in [1.807, 2.05) is 42.6 Å². The summed E-state index contributed by atoms with van der Waals surface area (Å²) in [5, 5.41) is 9.37. The first kappa shape index (κ1) is 29.9. The molecule has 2 atom stereocenters. The lowest BCUT2D eigenvalue weighted by atomic mass is 9.72. The van der Waals surface area contributed by atoms with Crippen LogP contribution in [0.15, 0.2) is 60.8 Å². The second kappa shape index (κ2) is 12.8. The standard InChI is InChI=1S/C34H41F3N4O2/c35-27-9-4-8-25(19-27)30-23-40(34(13-5-14-34)15-10-31(42)43)21-26(30)20-39-16-11-29(12-17-39)41-22-28(38-33(41)32(36)37)18-24-6-2-1-3-7-24/h1-4,6-9,19,22,26,29-30,32H,5,10-18,20-21,23H2,(H,42,43). The minimum absolute atomic E-state index is 0.0226.